The summed E-state index contributed by atoms with van der Waals surface area (Å²) in [5, 5.41) is 17.8. The minimum absolute atomic E-state index is 0.0488. The van der Waals surface area contributed by atoms with E-state index in [-0.39, 0.29) is 5.88 Å². The number of halogens is 1. The molecule has 1 aromatic heterocycles. The van der Waals surface area contributed by atoms with E-state index in [4.69, 9.17) is 26.8 Å². The number of fused-ring (bicyclic) bond motifs is 1. The average Bonchev–Trinajstić information content (AvgIpc) is 3.27. The Kier molecular flexibility index (Phi) is 5.47. The van der Waals surface area contributed by atoms with Crippen LogP contribution < -0.4 is 15.2 Å². The van der Waals surface area contributed by atoms with Gasteiger partial charge in [-0.1, -0.05) is 54.1 Å². The van der Waals surface area contributed by atoms with Gasteiger partial charge in [0.05, 0.1) is 17.2 Å². The number of ether oxygens (including phenoxy) is 2. The smallest absolute Gasteiger partial charge is 0.244 e. The zero-order valence-electron chi connectivity index (χ0n) is 17.5. The van der Waals surface area contributed by atoms with Crippen LogP contribution in [0.4, 0.5) is 0 Å². The number of allylic oxidation sites excluding steroid dienone is 1. The van der Waals surface area contributed by atoms with Crippen molar-refractivity contribution in [3.05, 3.63) is 112 Å². The lowest BCUT2D eigenvalue weighted by atomic mass is 9.83. The van der Waals surface area contributed by atoms with E-state index < -0.39 is 5.92 Å². The van der Waals surface area contributed by atoms with Crippen LogP contribution in [0.5, 0.6) is 11.6 Å². The first-order chi connectivity index (χ1) is 16.1. The molecule has 7 heteroatoms. The molecule has 5 rings (SSSR count). The fourth-order valence-electron chi connectivity index (χ4n) is 3.91. The number of hydrogen-bond acceptors (Lipinski definition) is 5. The Labute approximate surface area is 195 Å². The molecule has 3 N–H and O–H groups in total. The number of rotatable bonds is 5. The lowest BCUT2D eigenvalue weighted by Crippen LogP contribution is -2.20. The number of hydrogen-bond donors (Lipinski definition) is 2. The minimum Gasteiger partial charge on any atom is -0.489 e. The molecular formula is C26H19ClN4O2. The third-order valence-electron chi connectivity index (χ3n) is 5.53. The fraction of sp³-hybridized carbons (Fsp3) is 0.0769. The Balaban J connectivity index is 1.48. The van der Waals surface area contributed by atoms with Gasteiger partial charge in [0.15, 0.2) is 0 Å². The maximum atomic E-state index is 9.82. The maximum Gasteiger partial charge on any atom is 0.244 e. The third kappa shape index (κ3) is 4.02. The molecule has 4 aromatic rings. The summed E-state index contributed by atoms with van der Waals surface area (Å²) in [6.45, 7) is 0.488. The summed E-state index contributed by atoms with van der Waals surface area (Å²) in [7, 11) is 0. The summed E-state index contributed by atoms with van der Waals surface area (Å²) >= 11 is 6.08. The molecule has 0 bridgehead atoms. The van der Waals surface area contributed by atoms with Crippen molar-refractivity contribution >= 4 is 11.6 Å². The van der Waals surface area contributed by atoms with Crippen molar-refractivity contribution in [3.63, 3.8) is 0 Å². The first kappa shape index (κ1) is 20.7. The van der Waals surface area contributed by atoms with Gasteiger partial charge < -0.3 is 15.2 Å². The molecule has 3 aromatic carbocycles. The van der Waals surface area contributed by atoms with Crippen LogP contribution >= 0.6 is 11.6 Å². The normalized spacial score (nSPS) is 14.8. The van der Waals surface area contributed by atoms with Gasteiger partial charge in [0, 0.05) is 10.6 Å². The third-order valence-corrected chi connectivity index (χ3v) is 5.79. The Bertz CT molecular complexity index is 1350. The standard InChI is InChI=1S/C26H19ClN4O2/c27-19-10-6-17(7-11-19)22-21(14-28)25(29)33-26-23(22)24(30-31-26)18-8-12-20(13-9-18)32-15-16-4-2-1-3-5-16/h1-13,22H,15,29H2,(H,30,31). The van der Waals surface area contributed by atoms with Crippen LogP contribution in [0.15, 0.2) is 90.3 Å². The molecule has 0 amide bonds. The van der Waals surface area contributed by atoms with Gasteiger partial charge in [-0.3, -0.25) is 5.10 Å². The lowest BCUT2D eigenvalue weighted by molar-refractivity contribution is 0.306. The molecule has 2 heterocycles. The van der Waals surface area contributed by atoms with Crippen LogP contribution in [0.3, 0.4) is 0 Å². The summed E-state index contributed by atoms with van der Waals surface area (Å²) in [6, 6.07) is 27.2. The SMILES string of the molecule is N#CC1=C(N)Oc2n[nH]c(-c3ccc(OCc4ccccc4)cc3)c2C1c1ccc(Cl)cc1. The van der Waals surface area contributed by atoms with Crippen molar-refractivity contribution in [2.45, 2.75) is 12.5 Å². The zero-order chi connectivity index (χ0) is 22.8. The fourth-order valence-corrected chi connectivity index (χ4v) is 4.04. The largest absolute Gasteiger partial charge is 0.489 e. The topological polar surface area (TPSA) is 97.0 Å². The van der Waals surface area contributed by atoms with Crippen LogP contribution in [-0.2, 0) is 6.61 Å². The highest BCUT2D eigenvalue weighted by atomic mass is 35.5. The van der Waals surface area contributed by atoms with Gasteiger partial charge >= 0.3 is 0 Å². The highest BCUT2D eigenvalue weighted by Gasteiger charge is 2.35. The van der Waals surface area contributed by atoms with E-state index in [1.165, 1.54) is 0 Å². The van der Waals surface area contributed by atoms with Gasteiger partial charge in [-0.05, 0) is 47.5 Å². The summed E-state index contributed by atoms with van der Waals surface area (Å²) in [4.78, 5) is 0. The zero-order valence-corrected chi connectivity index (χ0v) is 18.2. The summed E-state index contributed by atoms with van der Waals surface area (Å²) < 4.78 is 11.6. The molecule has 33 heavy (non-hydrogen) atoms. The molecular weight excluding hydrogens is 436 g/mol. The van der Waals surface area contributed by atoms with Crippen molar-refractivity contribution in [2.75, 3.05) is 0 Å². The quantitative estimate of drug-likeness (QED) is 0.413. The number of H-pyrrole nitrogens is 1. The van der Waals surface area contributed by atoms with Crippen LogP contribution in [0.2, 0.25) is 5.02 Å². The first-order valence-corrected chi connectivity index (χ1v) is 10.7. The Hall–Kier alpha value is -4.21. The molecule has 1 aliphatic heterocycles. The number of aromatic nitrogens is 2. The number of nitrogens with two attached hydrogens (primary N) is 1. The van der Waals surface area contributed by atoms with Crippen LogP contribution in [0.1, 0.15) is 22.6 Å². The molecule has 1 unspecified atom stereocenters. The Morgan fingerprint density at radius 1 is 1.03 bits per heavy atom. The van der Waals surface area contributed by atoms with E-state index in [2.05, 4.69) is 16.3 Å². The maximum absolute atomic E-state index is 9.82. The number of aromatic amines is 1. The molecule has 162 valence electrons. The summed E-state index contributed by atoms with van der Waals surface area (Å²) in [6.07, 6.45) is 0. The lowest BCUT2D eigenvalue weighted by Gasteiger charge is -2.24. The van der Waals surface area contributed by atoms with E-state index in [0.29, 0.717) is 23.1 Å². The first-order valence-electron chi connectivity index (χ1n) is 10.3. The van der Waals surface area contributed by atoms with E-state index in [1.807, 2.05) is 66.7 Å². The Morgan fingerprint density at radius 3 is 2.45 bits per heavy atom. The molecule has 0 saturated heterocycles. The number of nitriles is 1. The molecule has 0 fully saturated rings. The van der Waals surface area contributed by atoms with Crippen molar-refractivity contribution in [1.82, 2.24) is 10.2 Å². The molecule has 6 nitrogen and oxygen atoms in total. The van der Waals surface area contributed by atoms with Crippen molar-refractivity contribution in [3.8, 4) is 29.0 Å². The van der Waals surface area contributed by atoms with E-state index >= 15 is 0 Å². The predicted molar refractivity (Wildman–Crippen MR) is 126 cm³/mol. The van der Waals surface area contributed by atoms with Gasteiger partial charge in [0.25, 0.3) is 0 Å². The highest BCUT2D eigenvalue weighted by Crippen LogP contribution is 2.45. The second-order valence-electron chi connectivity index (χ2n) is 7.59. The van der Waals surface area contributed by atoms with Crippen LogP contribution in [0, 0.1) is 11.3 Å². The second-order valence-corrected chi connectivity index (χ2v) is 8.03. The molecule has 0 spiro atoms. The van der Waals surface area contributed by atoms with Gasteiger partial charge in [-0.2, -0.15) is 5.26 Å². The van der Waals surface area contributed by atoms with Gasteiger partial charge in [-0.15, -0.1) is 5.10 Å². The average molecular weight is 455 g/mol. The van der Waals surface area contributed by atoms with Gasteiger partial charge in [0.2, 0.25) is 11.8 Å². The van der Waals surface area contributed by atoms with Crippen molar-refractivity contribution in [2.24, 2.45) is 5.73 Å². The second kappa shape index (κ2) is 8.73. The Morgan fingerprint density at radius 2 is 1.76 bits per heavy atom. The predicted octanol–water partition coefficient (Wildman–Crippen LogP) is 5.53. The number of benzene rings is 3. The van der Waals surface area contributed by atoms with E-state index in [1.54, 1.807) is 12.1 Å². The minimum atomic E-state index is -0.432. The van der Waals surface area contributed by atoms with E-state index in [0.717, 1.165) is 33.7 Å². The van der Waals surface area contributed by atoms with Crippen LogP contribution in [-0.4, -0.2) is 10.2 Å². The summed E-state index contributed by atoms with van der Waals surface area (Å²) in [5.74, 6) is 0.723. The van der Waals surface area contributed by atoms with Crippen molar-refractivity contribution < 1.29 is 9.47 Å². The molecule has 0 aliphatic carbocycles. The number of nitrogens with one attached hydrogen (secondary N) is 1. The summed E-state index contributed by atoms with van der Waals surface area (Å²) in [5.41, 5.74) is 10.7. The van der Waals surface area contributed by atoms with Crippen molar-refractivity contribution in [1.29, 1.82) is 5.26 Å². The number of nitrogens with zero attached hydrogens (tertiary/aromatic N) is 2. The monoisotopic (exact) mass is 454 g/mol. The molecule has 1 atom stereocenters. The van der Waals surface area contributed by atoms with Crippen LogP contribution in [0.25, 0.3) is 11.3 Å². The molecule has 0 saturated carbocycles. The van der Waals surface area contributed by atoms with Gasteiger partial charge in [0.1, 0.15) is 24.0 Å². The molecule has 0 radical (unpaired) electrons. The van der Waals surface area contributed by atoms with Gasteiger partial charge in [-0.25, -0.2) is 0 Å². The molecule has 1 aliphatic rings. The van der Waals surface area contributed by atoms with E-state index in [9.17, 15) is 5.26 Å². The highest BCUT2D eigenvalue weighted by molar-refractivity contribution is 6.30.